The van der Waals surface area contributed by atoms with Crippen molar-refractivity contribution in [1.82, 2.24) is 4.72 Å². The van der Waals surface area contributed by atoms with Crippen LogP contribution in [0, 0.1) is 23.0 Å². The van der Waals surface area contributed by atoms with Gasteiger partial charge in [-0.2, -0.15) is 0 Å². The van der Waals surface area contributed by atoms with Crippen LogP contribution < -0.4 is 4.72 Å². The van der Waals surface area contributed by atoms with Crippen molar-refractivity contribution in [3.8, 4) is 0 Å². The first-order valence-electron chi connectivity index (χ1n) is 9.15. The molecule has 28 heavy (non-hydrogen) atoms. The molecule has 8 heteroatoms. The third-order valence-electron chi connectivity index (χ3n) is 5.92. The van der Waals surface area contributed by atoms with Crippen LogP contribution in [0.4, 0.5) is 5.69 Å². The zero-order chi connectivity index (χ0) is 20.1. The van der Waals surface area contributed by atoms with Gasteiger partial charge in [0.05, 0.1) is 9.82 Å². The average Bonchev–Trinajstić information content (AvgIpc) is 3.36. The number of fused-ring (bicyclic) bond motifs is 2. The number of hydrogen-bond donors (Lipinski definition) is 1. The van der Waals surface area contributed by atoms with Gasteiger partial charge >= 0.3 is 0 Å². The number of benzene rings is 2. The molecule has 2 aromatic rings. The van der Waals surface area contributed by atoms with Gasteiger partial charge < -0.3 is 0 Å². The molecule has 1 spiro atoms. The highest BCUT2D eigenvalue weighted by Crippen LogP contribution is 2.60. The van der Waals surface area contributed by atoms with Crippen LogP contribution in [0.2, 0.25) is 0 Å². The summed E-state index contributed by atoms with van der Waals surface area (Å²) in [6, 6.07) is 11.6. The molecule has 0 heterocycles. The third-order valence-corrected chi connectivity index (χ3v) is 7.27. The average molecular weight is 400 g/mol. The molecule has 1 N–H and O–H groups in total. The molecule has 7 nitrogen and oxygen atoms in total. The lowest BCUT2D eigenvalue weighted by molar-refractivity contribution is -0.385. The molecule has 1 fully saturated rings. The van der Waals surface area contributed by atoms with Crippen LogP contribution in [0.5, 0.6) is 0 Å². The summed E-state index contributed by atoms with van der Waals surface area (Å²) < 4.78 is 27.4. The summed E-state index contributed by atoms with van der Waals surface area (Å²) in [4.78, 5) is 22.9. The number of sulfonamides is 1. The van der Waals surface area contributed by atoms with Crippen LogP contribution in [-0.4, -0.2) is 19.2 Å². The molecule has 0 aliphatic heterocycles. The van der Waals surface area contributed by atoms with Gasteiger partial charge in [0.1, 0.15) is 0 Å². The van der Waals surface area contributed by atoms with E-state index in [0.717, 1.165) is 37.0 Å². The lowest BCUT2D eigenvalue weighted by Crippen LogP contribution is -2.34. The molecular weight excluding hydrogens is 380 g/mol. The highest BCUT2D eigenvalue weighted by Gasteiger charge is 2.60. The minimum Gasteiger partial charge on any atom is -0.274 e. The van der Waals surface area contributed by atoms with Crippen molar-refractivity contribution in [1.29, 1.82) is 0 Å². The molecule has 0 radical (unpaired) electrons. The molecule has 2 atom stereocenters. The van der Waals surface area contributed by atoms with E-state index in [1.54, 1.807) is 0 Å². The van der Waals surface area contributed by atoms with Crippen LogP contribution in [0.25, 0.3) is 0 Å². The Morgan fingerprint density at radius 3 is 2.71 bits per heavy atom. The summed E-state index contributed by atoms with van der Waals surface area (Å²) in [5, 5.41) is 10.9. The second kappa shape index (κ2) is 6.41. The molecular formula is C20H20N2O5S. The predicted octanol–water partition coefficient (Wildman–Crippen LogP) is 3.00. The fraction of sp³-hybridized carbons (Fsp3) is 0.350. The van der Waals surface area contributed by atoms with Gasteiger partial charge in [0.25, 0.3) is 15.7 Å². The van der Waals surface area contributed by atoms with Crippen molar-refractivity contribution in [2.75, 3.05) is 0 Å². The first-order valence-corrected chi connectivity index (χ1v) is 10.6. The van der Waals surface area contributed by atoms with Crippen molar-refractivity contribution in [3.63, 3.8) is 0 Å². The summed E-state index contributed by atoms with van der Waals surface area (Å²) in [5.41, 5.74) is 2.19. The molecule has 4 rings (SSSR count). The number of carbonyl (C=O) groups is 1. The molecule has 1 saturated carbocycles. The molecule has 0 aromatic heterocycles. The molecule has 0 bridgehead atoms. The summed E-state index contributed by atoms with van der Waals surface area (Å²) in [6.45, 7) is 1.47. The highest BCUT2D eigenvalue weighted by atomic mass is 32.2. The Balaban J connectivity index is 1.55. The number of carbonyl (C=O) groups excluding carboxylic acids is 1. The summed E-state index contributed by atoms with van der Waals surface area (Å²) in [5.74, 6) is -0.879. The van der Waals surface area contributed by atoms with Crippen molar-refractivity contribution < 1.29 is 18.1 Å². The summed E-state index contributed by atoms with van der Waals surface area (Å²) >= 11 is 0. The minimum atomic E-state index is -4.08. The Labute approximate surface area is 163 Å². The Morgan fingerprint density at radius 2 is 2.00 bits per heavy atom. The van der Waals surface area contributed by atoms with Crippen molar-refractivity contribution in [2.45, 2.75) is 42.9 Å². The Bertz CT molecular complexity index is 1100. The minimum absolute atomic E-state index is 0.150. The monoisotopic (exact) mass is 400 g/mol. The lowest BCUT2D eigenvalue weighted by Gasteiger charge is -2.26. The largest absolute Gasteiger partial charge is 0.274 e. The molecule has 2 unspecified atom stereocenters. The van der Waals surface area contributed by atoms with E-state index < -0.39 is 20.9 Å². The van der Waals surface area contributed by atoms with E-state index in [1.165, 1.54) is 18.6 Å². The van der Waals surface area contributed by atoms with Crippen LogP contribution in [-0.2, 0) is 26.7 Å². The number of amides is 1. The van der Waals surface area contributed by atoms with E-state index in [4.69, 9.17) is 0 Å². The van der Waals surface area contributed by atoms with Gasteiger partial charge in [0.15, 0.2) is 0 Å². The number of nitrogens with one attached hydrogen (secondary N) is 1. The molecule has 2 aliphatic carbocycles. The molecule has 146 valence electrons. The summed E-state index contributed by atoms with van der Waals surface area (Å²) in [7, 11) is -4.08. The lowest BCUT2D eigenvalue weighted by atomic mass is 9.78. The maximum atomic E-state index is 12.7. The van der Waals surface area contributed by atoms with E-state index in [0.29, 0.717) is 6.42 Å². The number of rotatable bonds is 4. The fourth-order valence-electron chi connectivity index (χ4n) is 4.44. The van der Waals surface area contributed by atoms with Crippen LogP contribution in [0.1, 0.15) is 36.0 Å². The normalized spacial score (nSPS) is 23.1. The van der Waals surface area contributed by atoms with Crippen LogP contribution in [0.15, 0.2) is 47.4 Å². The van der Waals surface area contributed by atoms with Gasteiger partial charge in [0, 0.05) is 23.0 Å². The van der Waals surface area contributed by atoms with Crippen LogP contribution in [0.3, 0.4) is 0 Å². The second-order valence-corrected chi connectivity index (χ2v) is 9.28. The quantitative estimate of drug-likeness (QED) is 0.627. The van der Waals surface area contributed by atoms with E-state index in [9.17, 15) is 23.3 Å². The second-order valence-electron chi connectivity index (χ2n) is 7.60. The highest BCUT2D eigenvalue weighted by molar-refractivity contribution is 7.90. The van der Waals surface area contributed by atoms with E-state index in [2.05, 4.69) is 10.8 Å². The van der Waals surface area contributed by atoms with Gasteiger partial charge in [-0.1, -0.05) is 24.3 Å². The smallest absolute Gasteiger partial charge is 0.272 e. The van der Waals surface area contributed by atoms with Gasteiger partial charge in [-0.25, -0.2) is 13.1 Å². The van der Waals surface area contributed by atoms with Crippen LogP contribution >= 0.6 is 0 Å². The molecule has 2 aliphatic rings. The Kier molecular flexibility index (Phi) is 4.26. The Morgan fingerprint density at radius 1 is 1.25 bits per heavy atom. The zero-order valence-corrected chi connectivity index (χ0v) is 16.2. The number of hydrogen-bond acceptors (Lipinski definition) is 5. The topological polar surface area (TPSA) is 106 Å². The number of nitrogens with zero attached hydrogens (tertiary/aromatic N) is 1. The first kappa shape index (κ1) is 18.6. The molecule has 0 saturated heterocycles. The first-order chi connectivity index (χ1) is 13.2. The maximum absolute atomic E-state index is 12.7. The van der Waals surface area contributed by atoms with Gasteiger partial charge in [-0.15, -0.1) is 0 Å². The predicted molar refractivity (Wildman–Crippen MR) is 102 cm³/mol. The third kappa shape index (κ3) is 2.97. The van der Waals surface area contributed by atoms with Crippen molar-refractivity contribution in [3.05, 3.63) is 69.3 Å². The summed E-state index contributed by atoms with van der Waals surface area (Å²) in [6.07, 6.45) is 3.48. The molecule has 2 aromatic carbocycles. The number of nitro benzene ring substituents is 1. The number of nitro groups is 1. The van der Waals surface area contributed by atoms with E-state index in [-0.39, 0.29) is 27.5 Å². The zero-order valence-electron chi connectivity index (χ0n) is 15.3. The SMILES string of the molecule is Cc1cc(S(=O)(=O)NC(=O)C2CC23CCCc2ccccc23)ccc1[N+](=O)[O-]. The Hall–Kier alpha value is -2.74. The molecule has 1 amide bonds. The van der Waals surface area contributed by atoms with Gasteiger partial charge in [-0.3, -0.25) is 14.9 Å². The van der Waals surface area contributed by atoms with Gasteiger partial charge in [-0.05, 0) is 55.9 Å². The van der Waals surface area contributed by atoms with E-state index >= 15 is 0 Å². The fourth-order valence-corrected chi connectivity index (χ4v) is 5.54. The van der Waals surface area contributed by atoms with Gasteiger partial charge in [0.2, 0.25) is 5.91 Å². The number of aryl methyl sites for hydroxylation is 2. The van der Waals surface area contributed by atoms with Crippen molar-refractivity contribution >= 4 is 21.6 Å². The maximum Gasteiger partial charge on any atom is 0.272 e. The van der Waals surface area contributed by atoms with Crippen molar-refractivity contribution in [2.24, 2.45) is 5.92 Å². The van der Waals surface area contributed by atoms with E-state index in [1.807, 2.05) is 18.2 Å². The standard InChI is InChI=1S/C20H20N2O5S/c1-13-11-15(8-9-18(13)22(24)25)28(26,27)21-19(23)17-12-20(17)10-4-6-14-5-2-3-7-16(14)20/h2-3,5,7-9,11,17H,4,6,10,12H2,1H3,(H,21,23).